The van der Waals surface area contributed by atoms with Crippen molar-refractivity contribution in [2.24, 2.45) is 0 Å². The molecule has 5 nitrogen and oxygen atoms in total. The number of hydrogen-bond donors (Lipinski definition) is 1. The van der Waals surface area contributed by atoms with Gasteiger partial charge in [-0.25, -0.2) is 13.2 Å². The fraction of sp³-hybridized carbons (Fsp3) is 0.222. The monoisotopic (exact) mass is 230 g/mol. The zero-order valence-corrected chi connectivity index (χ0v) is 8.77. The predicted molar refractivity (Wildman–Crippen MR) is 52.2 cm³/mol. The summed E-state index contributed by atoms with van der Waals surface area (Å²) in [5, 5.41) is 8.31. The number of carboxylic acid groups (broad SMARTS) is 1. The van der Waals surface area contributed by atoms with Crippen molar-refractivity contribution in [2.45, 2.75) is 17.3 Å². The Hall–Kier alpha value is -1.56. The Labute approximate surface area is 87.2 Å². The van der Waals surface area contributed by atoms with Gasteiger partial charge in [0.05, 0.1) is 4.90 Å². The van der Waals surface area contributed by atoms with Crippen molar-refractivity contribution in [3.05, 3.63) is 30.3 Å². The fourth-order valence-corrected chi connectivity index (χ4v) is 2.14. The van der Waals surface area contributed by atoms with Gasteiger partial charge in [0.1, 0.15) is 0 Å². The molecular weight excluding hydrogens is 220 g/mol. The second-order valence-electron chi connectivity index (χ2n) is 2.81. The van der Waals surface area contributed by atoms with Gasteiger partial charge in [0.15, 0.2) is 0 Å². The maximum absolute atomic E-state index is 11.7. The molecule has 1 N–H and O–H groups in total. The van der Waals surface area contributed by atoms with Gasteiger partial charge in [0.2, 0.25) is 15.3 Å². The van der Waals surface area contributed by atoms with Crippen LogP contribution in [0.25, 0.3) is 0 Å². The second kappa shape index (κ2) is 4.31. The summed E-state index contributed by atoms with van der Waals surface area (Å²) >= 11 is 0. The first-order valence-corrected chi connectivity index (χ1v) is 5.68. The molecule has 0 aromatic heterocycles. The smallest absolute Gasteiger partial charge is 0.450 e. The summed E-state index contributed by atoms with van der Waals surface area (Å²) in [6.07, 6.45) is -1.61. The average molecular weight is 230 g/mol. The Morgan fingerprint density at radius 3 is 2.33 bits per heavy atom. The topological polar surface area (TPSA) is 80.7 Å². The molecule has 0 aliphatic heterocycles. The lowest BCUT2D eigenvalue weighted by atomic mass is 10.4. The van der Waals surface area contributed by atoms with Gasteiger partial charge in [-0.2, -0.15) is 0 Å². The molecule has 1 atom stereocenters. The van der Waals surface area contributed by atoms with Gasteiger partial charge in [-0.05, 0) is 19.1 Å². The molecule has 0 fully saturated rings. The summed E-state index contributed by atoms with van der Waals surface area (Å²) in [7, 11) is -3.74. The zero-order chi connectivity index (χ0) is 11.5. The van der Waals surface area contributed by atoms with E-state index in [1.54, 1.807) is 18.2 Å². The Morgan fingerprint density at radius 2 is 1.87 bits per heavy atom. The number of hydrogen-bond acceptors (Lipinski definition) is 4. The Balaban J connectivity index is 2.99. The molecule has 82 valence electrons. The van der Waals surface area contributed by atoms with Crippen molar-refractivity contribution in [1.82, 2.24) is 0 Å². The minimum Gasteiger partial charge on any atom is -0.450 e. The highest BCUT2D eigenvalue weighted by atomic mass is 32.2. The summed E-state index contributed by atoms with van der Waals surface area (Å²) in [5.41, 5.74) is -1.41. The SMILES string of the molecule is CC(OC(=O)O)S(=O)(=O)c1ccccc1. The fourth-order valence-electron chi connectivity index (χ4n) is 1.01. The molecule has 15 heavy (non-hydrogen) atoms. The van der Waals surface area contributed by atoms with Crippen molar-refractivity contribution in [3.63, 3.8) is 0 Å². The zero-order valence-electron chi connectivity index (χ0n) is 7.95. The van der Waals surface area contributed by atoms with Crippen molar-refractivity contribution in [1.29, 1.82) is 0 Å². The summed E-state index contributed by atoms with van der Waals surface area (Å²) in [6, 6.07) is 7.55. The van der Waals surface area contributed by atoms with Crippen molar-refractivity contribution in [3.8, 4) is 0 Å². The van der Waals surface area contributed by atoms with Crippen LogP contribution >= 0.6 is 0 Å². The third-order valence-corrected chi connectivity index (χ3v) is 3.67. The average Bonchev–Trinajstić information content (AvgIpc) is 2.18. The van der Waals surface area contributed by atoms with Crippen molar-refractivity contribution >= 4 is 16.0 Å². The quantitative estimate of drug-likeness (QED) is 0.796. The van der Waals surface area contributed by atoms with Gasteiger partial charge in [-0.15, -0.1) is 0 Å². The third-order valence-electron chi connectivity index (χ3n) is 1.78. The van der Waals surface area contributed by atoms with Gasteiger partial charge >= 0.3 is 6.16 Å². The van der Waals surface area contributed by atoms with E-state index in [0.29, 0.717) is 0 Å². The molecule has 0 bridgehead atoms. The van der Waals surface area contributed by atoms with Gasteiger partial charge in [-0.3, -0.25) is 0 Å². The Morgan fingerprint density at radius 1 is 1.33 bits per heavy atom. The van der Waals surface area contributed by atoms with Crippen molar-refractivity contribution < 1.29 is 23.1 Å². The van der Waals surface area contributed by atoms with Crippen LogP contribution < -0.4 is 0 Å². The van der Waals surface area contributed by atoms with Gasteiger partial charge in [0.25, 0.3) is 0 Å². The molecule has 0 amide bonds. The van der Waals surface area contributed by atoms with Crippen LogP contribution in [0, 0.1) is 0 Å². The van der Waals surface area contributed by atoms with E-state index < -0.39 is 21.4 Å². The van der Waals surface area contributed by atoms with Crippen LogP contribution in [0.2, 0.25) is 0 Å². The van der Waals surface area contributed by atoms with E-state index in [0.717, 1.165) is 0 Å². The summed E-state index contributed by atoms with van der Waals surface area (Å²) < 4.78 is 27.6. The highest BCUT2D eigenvalue weighted by Gasteiger charge is 2.26. The molecule has 0 heterocycles. The summed E-state index contributed by atoms with van der Waals surface area (Å²) in [6.45, 7) is 1.18. The van der Waals surface area contributed by atoms with Crippen LogP contribution in [0.15, 0.2) is 35.2 Å². The van der Waals surface area contributed by atoms with Crippen LogP contribution in [-0.2, 0) is 14.6 Å². The van der Waals surface area contributed by atoms with E-state index in [1.165, 1.54) is 19.1 Å². The van der Waals surface area contributed by atoms with E-state index in [2.05, 4.69) is 4.74 Å². The highest BCUT2D eigenvalue weighted by Crippen LogP contribution is 2.16. The molecule has 0 saturated carbocycles. The Kier molecular flexibility index (Phi) is 3.31. The number of benzene rings is 1. The largest absolute Gasteiger partial charge is 0.507 e. The highest BCUT2D eigenvalue weighted by molar-refractivity contribution is 7.91. The molecule has 0 radical (unpaired) electrons. The molecule has 0 saturated heterocycles. The maximum atomic E-state index is 11.7. The standard InChI is InChI=1S/C9H10O5S/c1-7(14-9(10)11)15(12,13)8-5-3-2-4-6-8/h2-7H,1H3,(H,10,11). The maximum Gasteiger partial charge on any atom is 0.507 e. The normalized spacial score (nSPS) is 13.1. The van der Waals surface area contributed by atoms with E-state index in [-0.39, 0.29) is 4.90 Å². The van der Waals surface area contributed by atoms with Crippen LogP contribution in [0.3, 0.4) is 0 Å². The van der Waals surface area contributed by atoms with Gasteiger partial charge in [-0.1, -0.05) is 18.2 Å². The molecule has 0 spiro atoms. The lowest BCUT2D eigenvalue weighted by Gasteiger charge is -2.11. The predicted octanol–water partition coefficient (Wildman–Crippen LogP) is 1.50. The Bertz CT molecular complexity index is 437. The summed E-state index contributed by atoms with van der Waals surface area (Å²) in [5.74, 6) is 0. The molecule has 0 aliphatic rings. The number of rotatable bonds is 3. The molecule has 1 aromatic rings. The van der Waals surface area contributed by atoms with Crippen LogP contribution in [-0.4, -0.2) is 25.1 Å². The van der Waals surface area contributed by atoms with E-state index in [9.17, 15) is 13.2 Å². The lowest BCUT2D eigenvalue weighted by molar-refractivity contribution is 0.0839. The molecular formula is C9H10O5S. The number of ether oxygens (including phenoxy) is 1. The summed E-state index contributed by atoms with van der Waals surface area (Å²) in [4.78, 5) is 10.2. The first kappa shape index (κ1) is 11.5. The van der Waals surface area contributed by atoms with Gasteiger partial charge in [0, 0.05) is 0 Å². The van der Waals surface area contributed by atoms with Crippen LogP contribution in [0.1, 0.15) is 6.92 Å². The van der Waals surface area contributed by atoms with E-state index in [4.69, 9.17) is 5.11 Å². The van der Waals surface area contributed by atoms with Crippen molar-refractivity contribution in [2.75, 3.05) is 0 Å². The lowest BCUT2D eigenvalue weighted by Crippen LogP contribution is -2.23. The van der Waals surface area contributed by atoms with E-state index >= 15 is 0 Å². The number of sulfone groups is 1. The third kappa shape index (κ3) is 2.69. The molecule has 1 rings (SSSR count). The molecule has 1 unspecified atom stereocenters. The van der Waals surface area contributed by atoms with E-state index in [1.807, 2.05) is 0 Å². The molecule has 6 heteroatoms. The number of carbonyl (C=O) groups is 1. The molecule has 1 aromatic carbocycles. The second-order valence-corrected chi connectivity index (χ2v) is 5.03. The van der Waals surface area contributed by atoms with Gasteiger partial charge < -0.3 is 9.84 Å². The first-order chi connectivity index (χ1) is 6.94. The molecule has 0 aliphatic carbocycles. The minimum atomic E-state index is -3.74. The minimum absolute atomic E-state index is 0.0405. The first-order valence-electron chi connectivity index (χ1n) is 4.13. The van der Waals surface area contributed by atoms with Crippen LogP contribution in [0.4, 0.5) is 4.79 Å². The van der Waals surface area contributed by atoms with Crippen LogP contribution in [0.5, 0.6) is 0 Å².